The number of likely N-dealkylation sites (N-methyl/N-ethyl adjacent to an activating group) is 1. The van der Waals surface area contributed by atoms with Gasteiger partial charge in [0.25, 0.3) is 0 Å². The number of nitrogens with zero attached hydrogens (tertiary/aromatic N) is 1. The van der Waals surface area contributed by atoms with Crippen LogP contribution in [-0.4, -0.2) is 37.3 Å². The van der Waals surface area contributed by atoms with Crippen LogP contribution in [0.25, 0.3) is 0 Å². The van der Waals surface area contributed by atoms with E-state index in [0.717, 1.165) is 43.0 Å². The summed E-state index contributed by atoms with van der Waals surface area (Å²) in [5.41, 5.74) is 0.890. The van der Waals surface area contributed by atoms with Crippen molar-refractivity contribution in [1.82, 2.24) is 0 Å². The number of allylic oxidation sites excluding steroid dienone is 1. The topological polar surface area (TPSA) is 9.23 Å². The van der Waals surface area contributed by atoms with E-state index in [-0.39, 0.29) is 0 Å². The van der Waals surface area contributed by atoms with Crippen LogP contribution in [0.1, 0.15) is 6.92 Å². The average Bonchev–Trinajstić information content (AvgIpc) is 2.17. The van der Waals surface area contributed by atoms with E-state index in [0.29, 0.717) is 0 Å². The number of ether oxygens (including phenoxy) is 1. The van der Waals surface area contributed by atoms with Gasteiger partial charge in [-0.2, -0.15) is 0 Å². The largest absolute Gasteiger partial charge is 0.370 e. The Morgan fingerprint density at radius 1 is 1.58 bits per heavy atom. The lowest BCUT2D eigenvalue weighted by Gasteiger charge is -2.39. The number of terminal acetylenes is 1. The van der Waals surface area contributed by atoms with Crippen LogP contribution >= 0.6 is 0 Å². The minimum Gasteiger partial charge on any atom is -0.370 e. The summed E-state index contributed by atoms with van der Waals surface area (Å²) in [6.45, 7) is 10.6. The first-order valence-corrected chi connectivity index (χ1v) is 4.35. The van der Waals surface area contributed by atoms with E-state index in [1.54, 1.807) is 0 Å². The Hall–Kier alpha value is -0.780. The van der Waals surface area contributed by atoms with Crippen LogP contribution in [0.4, 0.5) is 0 Å². The van der Waals surface area contributed by atoms with Crippen molar-refractivity contribution in [3.05, 3.63) is 12.3 Å². The Bertz CT molecular complexity index is 208. The molecule has 0 aromatic carbocycles. The fourth-order valence-corrected chi connectivity index (χ4v) is 1.61. The lowest BCUT2D eigenvalue weighted by molar-refractivity contribution is -0.894. The Morgan fingerprint density at radius 2 is 2.17 bits per heavy atom. The first kappa shape index (κ1) is 9.31. The highest BCUT2D eigenvalue weighted by Crippen LogP contribution is 2.17. The molecule has 0 spiro atoms. The van der Waals surface area contributed by atoms with Gasteiger partial charge < -0.3 is 4.74 Å². The summed E-state index contributed by atoms with van der Waals surface area (Å²) in [5, 5.41) is 0. The monoisotopic (exact) mass is 166 g/mol. The smallest absolute Gasteiger partial charge is 0.176 e. The predicted octanol–water partition coefficient (Wildman–Crippen LogP) is 1.00. The van der Waals surface area contributed by atoms with Gasteiger partial charge in [0, 0.05) is 0 Å². The molecule has 66 valence electrons. The van der Waals surface area contributed by atoms with Gasteiger partial charge in [0.2, 0.25) is 0 Å². The second-order valence-corrected chi connectivity index (χ2v) is 3.11. The summed E-state index contributed by atoms with van der Waals surface area (Å²) in [5.74, 6) is 2.65. The van der Waals surface area contributed by atoms with E-state index < -0.39 is 0 Å². The van der Waals surface area contributed by atoms with E-state index in [9.17, 15) is 0 Å². The van der Waals surface area contributed by atoms with Crippen LogP contribution < -0.4 is 0 Å². The molecule has 1 saturated heterocycles. The van der Waals surface area contributed by atoms with Crippen LogP contribution in [-0.2, 0) is 4.74 Å². The highest BCUT2D eigenvalue weighted by atomic mass is 16.5. The van der Waals surface area contributed by atoms with Crippen molar-refractivity contribution >= 4 is 0 Å². The molecular weight excluding hydrogens is 150 g/mol. The van der Waals surface area contributed by atoms with Gasteiger partial charge in [-0.3, -0.25) is 4.48 Å². The highest BCUT2D eigenvalue weighted by molar-refractivity contribution is 5.14. The molecule has 0 saturated carbocycles. The normalized spacial score (nSPS) is 21.3. The molecule has 0 amide bonds. The van der Waals surface area contributed by atoms with Gasteiger partial charge in [-0.05, 0) is 19.4 Å². The summed E-state index contributed by atoms with van der Waals surface area (Å²) in [6, 6.07) is 0. The van der Waals surface area contributed by atoms with Crippen molar-refractivity contribution < 1.29 is 9.22 Å². The standard InChI is InChI=1S/C10H16NO/c1-4-10(3)11(5-2)6-8-12-9-7-11/h1H,3,5-9H2,2H3/q+1. The fraction of sp³-hybridized carbons (Fsp3) is 0.600. The molecule has 1 fully saturated rings. The molecule has 0 aromatic heterocycles. The predicted molar refractivity (Wildman–Crippen MR) is 49.3 cm³/mol. The number of rotatable bonds is 2. The molecule has 2 nitrogen and oxygen atoms in total. The van der Waals surface area contributed by atoms with Crippen LogP contribution in [0.2, 0.25) is 0 Å². The van der Waals surface area contributed by atoms with Gasteiger partial charge in [-0.15, -0.1) is 6.42 Å². The number of quaternary nitrogens is 1. The van der Waals surface area contributed by atoms with Gasteiger partial charge in [0.05, 0.1) is 19.8 Å². The second kappa shape index (κ2) is 3.75. The lowest BCUT2D eigenvalue weighted by Crippen LogP contribution is -2.53. The Kier molecular flexibility index (Phi) is 2.91. The summed E-state index contributed by atoms with van der Waals surface area (Å²) in [4.78, 5) is 0. The second-order valence-electron chi connectivity index (χ2n) is 3.11. The molecule has 0 aromatic rings. The Labute approximate surface area is 74.4 Å². The summed E-state index contributed by atoms with van der Waals surface area (Å²) in [6.07, 6.45) is 5.36. The zero-order valence-electron chi connectivity index (χ0n) is 7.68. The van der Waals surface area contributed by atoms with Crippen LogP contribution in [0, 0.1) is 12.3 Å². The molecule has 0 aliphatic carbocycles. The average molecular weight is 166 g/mol. The van der Waals surface area contributed by atoms with Gasteiger partial charge in [-0.25, -0.2) is 0 Å². The third-order valence-corrected chi connectivity index (χ3v) is 2.67. The van der Waals surface area contributed by atoms with E-state index >= 15 is 0 Å². The van der Waals surface area contributed by atoms with Crippen LogP contribution in [0.3, 0.4) is 0 Å². The molecule has 0 N–H and O–H groups in total. The first-order chi connectivity index (χ1) is 5.75. The van der Waals surface area contributed by atoms with Crippen molar-refractivity contribution in [3.8, 4) is 12.3 Å². The minimum atomic E-state index is 0.800. The molecule has 1 aliphatic heterocycles. The Morgan fingerprint density at radius 3 is 2.58 bits per heavy atom. The summed E-state index contributed by atoms with van der Waals surface area (Å²) in [7, 11) is 0. The minimum absolute atomic E-state index is 0.800. The molecule has 0 radical (unpaired) electrons. The third kappa shape index (κ3) is 1.52. The summed E-state index contributed by atoms with van der Waals surface area (Å²) >= 11 is 0. The molecular formula is C10H16NO+. The van der Waals surface area contributed by atoms with Crippen LogP contribution in [0.5, 0.6) is 0 Å². The van der Waals surface area contributed by atoms with Gasteiger partial charge in [0.15, 0.2) is 5.70 Å². The highest BCUT2D eigenvalue weighted by Gasteiger charge is 2.31. The van der Waals surface area contributed by atoms with Gasteiger partial charge in [0.1, 0.15) is 13.1 Å². The maximum Gasteiger partial charge on any atom is 0.176 e. The SMILES string of the molecule is C#CC(=C)[N+]1(CC)CCOCC1. The molecule has 1 aliphatic rings. The fourth-order valence-electron chi connectivity index (χ4n) is 1.61. The molecule has 1 heterocycles. The number of morpholine rings is 1. The van der Waals surface area contributed by atoms with Crippen molar-refractivity contribution in [2.45, 2.75) is 6.92 Å². The maximum absolute atomic E-state index is 5.36. The lowest BCUT2D eigenvalue weighted by atomic mass is 10.2. The molecule has 12 heavy (non-hydrogen) atoms. The Balaban J connectivity index is 2.74. The molecule has 0 atom stereocenters. The van der Waals surface area contributed by atoms with E-state index in [2.05, 4.69) is 19.4 Å². The number of hydrogen-bond donors (Lipinski definition) is 0. The first-order valence-electron chi connectivity index (χ1n) is 4.35. The zero-order chi connectivity index (χ0) is 9.03. The van der Waals surface area contributed by atoms with E-state index in [1.807, 2.05) is 0 Å². The molecule has 1 rings (SSSR count). The van der Waals surface area contributed by atoms with Crippen molar-refractivity contribution in [2.24, 2.45) is 0 Å². The molecule has 0 bridgehead atoms. The zero-order valence-corrected chi connectivity index (χ0v) is 7.68. The molecule has 0 unspecified atom stereocenters. The van der Waals surface area contributed by atoms with Gasteiger partial charge >= 0.3 is 0 Å². The van der Waals surface area contributed by atoms with E-state index in [1.165, 1.54) is 0 Å². The number of hydrogen-bond acceptors (Lipinski definition) is 1. The molecule has 2 heteroatoms. The third-order valence-electron chi connectivity index (χ3n) is 2.67. The van der Waals surface area contributed by atoms with Crippen molar-refractivity contribution in [2.75, 3.05) is 32.8 Å². The van der Waals surface area contributed by atoms with Crippen LogP contribution in [0.15, 0.2) is 12.3 Å². The van der Waals surface area contributed by atoms with Gasteiger partial charge in [-0.1, -0.05) is 0 Å². The quantitative estimate of drug-likeness (QED) is 0.439. The van der Waals surface area contributed by atoms with E-state index in [4.69, 9.17) is 11.2 Å². The van der Waals surface area contributed by atoms with Crippen molar-refractivity contribution in [3.63, 3.8) is 0 Å². The maximum atomic E-state index is 5.36. The van der Waals surface area contributed by atoms with Crippen molar-refractivity contribution in [1.29, 1.82) is 0 Å². The summed E-state index contributed by atoms with van der Waals surface area (Å²) < 4.78 is 6.14.